The molecule has 2 N–H and O–H groups in total. The molecule has 1 atom stereocenters. The van der Waals surface area contributed by atoms with Crippen molar-refractivity contribution in [3.05, 3.63) is 63.1 Å². The molecule has 20 heavy (non-hydrogen) atoms. The zero-order valence-electron chi connectivity index (χ0n) is 10.7. The molecule has 0 heterocycles. The van der Waals surface area contributed by atoms with E-state index in [4.69, 9.17) is 11.6 Å². The van der Waals surface area contributed by atoms with Crippen molar-refractivity contribution in [1.82, 2.24) is 5.32 Å². The Morgan fingerprint density at radius 3 is 2.50 bits per heavy atom. The third kappa shape index (κ3) is 3.52. The van der Waals surface area contributed by atoms with E-state index >= 15 is 0 Å². The van der Waals surface area contributed by atoms with Crippen molar-refractivity contribution in [2.24, 2.45) is 0 Å². The van der Waals surface area contributed by atoms with Crippen LogP contribution in [0.15, 0.2) is 46.9 Å². The summed E-state index contributed by atoms with van der Waals surface area (Å²) in [4.78, 5) is 12.1. The van der Waals surface area contributed by atoms with Crippen LogP contribution in [0, 0.1) is 0 Å². The highest BCUT2D eigenvalue weighted by atomic mass is 79.9. The molecule has 0 saturated carbocycles. The van der Waals surface area contributed by atoms with Gasteiger partial charge >= 0.3 is 0 Å². The molecule has 2 rings (SSSR count). The van der Waals surface area contributed by atoms with Gasteiger partial charge in [0.2, 0.25) is 0 Å². The Balaban J connectivity index is 2.10. The minimum absolute atomic E-state index is 0.0387. The number of rotatable bonds is 3. The van der Waals surface area contributed by atoms with E-state index in [9.17, 15) is 9.90 Å². The lowest BCUT2D eigenvalue weighted by atomic mass is 10.1. The molecule has 0 radical (unpaired) electrons. The van der Waals surface area contributed by atoms with Crippen molar-refractivity contribution < 1.29 is 9.90 Å². The number of hydrogen-bond donors (Lipinski definition) is 2. The summed E-state index contributed by atoms with van der Waals surface area (Å²) in [6.07, 6.45) is 0. The van der Waals surface area contributed by atoms with Gasteiger partial charge in [-0.1, -0.05) is 23.7 Å². The molecule has 0 spiro atoms. The van der Waals surface area contributed by atoms with Gasteiger partial charge in [-0.25, -0.2) is 0 Å². The van der Waals surface area contributed by atoms with Gasteiger partial charge in [0.15, 0.2) is 0 Å². The quantitative estimate of drug-likeness (QED) is 0.863. The van der Waals surface area contributed by atoms with Crippen LogP contribution in [0.25, 0.3) is 0 Å². The number of aromatic hydroxyl groups is 1. The summed E-state index contributed by atoms with van der Waals surface area (Å²) in [5, 5.41) is 13.1. The van der Waals surface area contributed by atoms with Crippen LogP contribution in [0.2, 0.25) is 5.02 Å². The smallest absolute Gasteiger partial charge is 0.251 e. The summed E-state index contributed by atoms with van der Waals surface area (Å²) in [5.41, 5.74) is 1.37. The van der Waals surface area contributed by atoms with Crippen LogP contribution in [0.5, 0.6) is 5.75 Å². The van der Waals surface area contributed by atoms with Crippen LogP contribution < -0.4 is 5.32 Å². The number of phenols is 1. The van der Waals surface area contributed by atoms with Gasteiger partial charge in [0, 0.05) is 10.6 Å². The normalized spacial score (nSPS) is 11.9. The first-order valence-corrected chi connectivity index (χ1v) is 7.19. The van der Waals surface area contributed by atoms with Crippen molar-refractivity contribution in [3.8, 4) is 5.75 Å². The molecule has 0 aliphatic carbocycles. The van der Waals surface area contributed by atoms with E-state index in [1.54, 1.807) is 24.3 Å². The van der Waals surface area contributed by atoms with Gasteiger partial charge in [0.1, 0.15) is 5.75 Å². The highest BCUT2D eigenvalue weighted by Gasteiger charge is 2.12. The first-order chi connectivity index (χ1) is 9.47. The lowest BCUT2D eigenvalue weighted by molar-refractivity contribution is 0.0939. The zero-order chi connectivity index (χ0) is 14.7. The number of hydrogen-bond acceptors (Lipinski definition) is 2. The summed E-state index contributed by atoms with van der Waals surface area (Å²) in [7, 11) is 0. The average molecular weight is 355 g/mol. The number of phenolic OH excluding ortho intramolecular Hbond substituents is 1. The van der Waals surface area contributed by atoms with E-state index < -0.39 is 0 Å². The maximum absolute atomic E-state index is 12.1. The minimum Gasteiger partial charge on any atom is -0.507 e. The van der Waals surface area contributed by atoms with Crippen molar-refractivity contribution in [2.75, 3.05) is 0 Å². The van der Waals surface area contributed by atoms with Crippen molar-refractivity contribution in [1.29, 1.82) is 0 Å². The molecular formula is C15H13BrClNO2. The lowest BCUT2D eigenvalue weighted by Crippen LogP contribution is -2.26. The topological polar surface area (TPSA) is 49.3 Å². The monoisotopic (exact) mass is 353 g/mol. The predicted molar refractivity (Wildman–Crippen MR) is 83.1 cm³/mol. The average Bonchev–Trinajstić information content (AvgIpc) is 2.42. The number of amides is 1. The zero-order valence-corrected chi connectivity index (χ0v) is 13.1. The third-order valence-corrected chi connectivity index (χ3v) is 3.85. The summed E-state index contributed by atoms with van der Waals surface area (Å²) >= 11 is 9.01. The fraction of sp³-hybridized carbons (Fsp3) is 0.133. The first-order valence-electron chi connectivity index (χ1n) is 6.02. The molecule has 3 nitrogen and oxygen atoms in total. The molecule has 0 bridgehead atoms. The second-order valence-corrected chi connectivity index (χ2v) is 5.70. The number of halogens is 2. The maximum atomic E-state index is 12.1. The predicted octanol–water partition coefficient (Wildman–Crippen LogP) is 4.30. The van der Waals surface area contributed by atoms with Crippen LogP contribution in [0.3, 0.4) is 0 Å². The summed E-state index contributed by atoms with van der Waals surface area (Å²) in [6.45, 7) is 1.89. The number of carbonyl (C=O) groups is 1. The van der Waals surface area contributed by atoms with E-state index in [0.29, 0.717) is 15.1 Å². The van der Waals surface area contributed by atoms with Gasteiger partial charge in [-0.2, -0.15) is 0 Å². The largest absolute Gasteiger partial charge is 0.507 e. The summed E-state index contributed by atoms with van der Waals surface area (Å²) in [5.74, 6) is -0.202. The molecule has 1 unspecified atom stereocenters. The SMILES string of the molecule is CC(NC(=O)c1ccc(Br)c(O)c1)c1ccc(Cl)cc1. The highest BCUT2D eigenvalue weighted by molar-refractivity contribution is 9.10. The van der Waals surface area contributed by atoms with Gasteiger partial charge in [0.25, 0.3) is 5.91 Å². The van der Waals surface area contributed by atoms with E-state index in [2.05, 4.69) is 21.2 Å². The molecule has 0 aliphatic rings. The molecule has 2 aromatic rings. The van der Waals surface area contributed by atoms with E-state index in [-0.39, 0.29) is 17.7 Å². The number of benzene rings is 2. The van der Waals surface area contributed by atoms with Gasteiger partial charge in [-0.05, 0) is 58.7 Å². The van der Waals surface area contributed by atoms with Gasteiger partial charge in [0.05, 0.1) is 10.5 Å². The van der Waals surface area contributed by atoms with Crippen molar-refractivity contribution in [2.45, 2.75) is 13.0 Å². The molecule has 104 valence electrons. The van der Waals surface area contributed by atoms with Gasteiger partial charge in [-0.15, -0.1) is 0 Å². The van der Waals surface area contributed by atoms with Gasteiger partial charge < -0.3 is 10.4 Å². The molecule has 5 heteroatoms. The Morgan fingerprint density at radius 1 is 1.25 bits per heavy atom. The van der Waals surface area contributed by atoms with Crippen LogP contribution >= 0.6 is 27.5 Å². The second-order valence-electron chi connectivity index (χ2n) is 4.41. The van der Waals surface area contributed by atoms with Crippen LogP contribution in [-0.4, -0.2) is 11.0 Å². The lowest BCUT2D eigenvalue weighted by Gasteiger charge is -2.14. The third-order valence-electron chi connectivity index (χ3n) is 2.93. The summed E-state index contributed by atoms with van der Waals surface area (Å²) in [6, 6.07) is 11.9. The van der Waals surface area contributed by atoms with Crippen molar-refractivity contribution in [3.63, 3.8) is 0 Å². The molecule has 0 aromatic heterocycles. The Morgan fingerprint density at radius 2 is 1.90 bits per heavy atom. The Bertz CT molecular complexity index is 628. The molecule has 2 aromatic carbocycles. The van der Waals surface area contributed by atoms with E-state index in [0.717, 1.165) is 5.56 Å². The van der Waals surface area contributed by atoms with Crippen molar-refractivity contribution >= 4 is 33.4 Å². The first kappa shape index (κ1) is 14.9. The fourth-order valence-electron chi connectivity index (χ4n) is 1.77. The molecule has 0 aliphatic heterocycles. The Kier molecular flexibility index (Phi) is 4.68. The minimum atomic E-state index is -0.241. The molecular weight excluding hydrogens is 342 g/mol. The van der Waals surface area contributed by atoms with Crippen LogP contribution in [0.1, 0.15) is 28.9 Å². The van der Waals surface area contributed by atoms with Crippen LogP contribution in [-0.2, 0) is 0 Å². The Hall–Kier alpha value is -1.52. The molecule has 0 fully saturated rings. The second kappa shape index (κ2) is 6.29. The van der Waals surface area contributed by atoms with Crippen LogP contribution in [0.4, 0.5) is 0 Å². The Labute approximate surface area is 130 Å². The van der Waals surface area contributed by atoms with E-state index in [1.807, 2.05) is 19.1 Å². The standard InChI is InChI=1S/C15H13BrClNO2/c1-9(10-2-5-12(17)6-3-10)18-15(20)11-4-7-13(16)14(19)8-11/h2-9,19H,1H3,(H,18,20). The van der Waals surface area contributed by atoms with Gasteiger partial charge in [-0.3, -0.25) is 4.79 Å². The summed E-state index contributed by atoms with van der Waals surface area (Å²) < 4.78 is 0.555. The highest BCUT2D eigenvalue weighted by Crippen LogP contribution is 2.24. The molecule has 0 saturated heterocycles. The number of carbonyl (C=O) groups excluding carboxylic acids is 1. The van der Waals surface area contributed by atoms with E-state index in [1.165, 1.54) is 6.07 Å². The fourth-order valence-corrected chi connectivity index (χ4v) is 2.14. The number of nitrogens with one attached hydrogen (secondary N) is 1. The maximum Gasteiger partial charge on any atom is 0.251 e. The molecule has 1 amide bonds.